The van der Waals surface area contributed by atoms with E-state index < -0.39 is 15.9 Å². The highest BCUT2D eigenvalue weighted by Crippen LogP contribution is 2.30. The number of carbonyl (C=O) groups excluding carboxylic acids is 1. The first kappa shape index (κ1) is 20.4. The van der Waals surface area contributed by atoms with Crippen molar-refractivity contribution < 1.29 is 17.9 Å². The number of nitrogens with one attached hydrogen (secondary N) is 1. The SMILES string of the molecule is COc1ccc(S(=O)(=O)N(Cc2ccccc2)c2ccccc2C(=O)NN)cc1. The van der Waals surface area contributed by atoms with Gasteiger partial charge in [-0.15, -0.1) is 0 Å². The second kappa shape index (κ2) is 8.76. The lowest BCUT2D eigenvalue weighted by molar-refractivity contribution is 0.0954. The molecule has 0 bridgehead atoms. The van der Waals surface area contributed by atoms with Crippen molar-refractivity contribution in [3.05, 3.63) is 90.0 Å². The van der Waals surface area contributed by atoms with E-state index in [0.29, 0.717) is 5.75 Å². The predicted molar refractivity (Wildman–Crippen MR) is 111 cm³/mol. The van der Waals surface area contributed by atoms with Gasteiger partial charge in [-0.25, -0.2) is 14.3 Å². The lowest BCUT2D eigenvalue weighted by atomic mass is 10.1. The quantitative estimate of drug-likeness (QED) is 0.354. The Morgan fingerprint density at radius 2 is 1.59 bits per heavy atom. The minimum absolute atomic E-state index is 0.0457. The molecular weight excluding hydrogens is 390 g/mol. The van der Waals surface area contributed by atoms with E-state index in [2.05, 4.69) is 5.43 Å². The maximum Gasteiger partial charge on any atom is 0.267 e. The number of anilines is 1. The van der Waals surface area contributed by atoms with Crippen LogP contribution in [0.15, 0.2) is 83.8 Å². The van der Waals surface area contributed by atoms with Crippen molar-refractivity contribution in [2.24, 2.45) is 5.84 Å². The number of hydrazine groups is 1. The molecule has 3 aromatic rings. The van der Waals surface area contributed by atoms with Gasteiger partial charge in [0.05, 0.1) is 29.8 Å². The van der Waals surface area contributed by atoms with Crippen LogP contribution in [0.5, 0.6) is 5.75 Å². The van der Waals surface area contributed by atoms with Crippen LogP contribution in [0.4, 0.5) is 5.69 Å². The molecule has 0 heterocycles. The Kier molecular flexibility index (Phi) is 6.16. The molecule has 0 unspecified atom stereocenters. The second-order valence-corrected chi connectivity index (χ2v) is 8.03. The third-order valence-electron chi connectivity index (χ3n) is 4.36. The molecular formula is C21H21N3O4S. The summed E-state index contributed by atoms with van der Waals surface area (Å²) in [6.07, 6.45) is 0. The molecule has 1 amide bonds. The van der Waals surface area contributed by atoms with Gasteiger partial charge in [-0.3, -0.25) is 14.5 Å². The zero-order valence-electron chi connectivity index (χ0n) is 15.8. The van der Waals surface area contributed by atoms with Crippen molar-refractivity contribution in [1.82, 2.24) is 5.43 Å². The summed E-state index contributed by atoms with van der Waals surface area (Å²) >= 11 is 0. The van der Waals surface area contributed by atoms with Gasteiger partial charge in [0.15, 0.2) is 0 Å². The molecule has 0 fully saturated rings. The van der Waals surface area contributed by atoms with Crippen molar-refractivity contribution in [3.8, 4) is 5.75 Å². The van der Waals surface area contributed by atoms with Crippen molar-refractivity contribution >= 4 is 21.6 Å². The highest BCUT2D eigenvalue weighted by Gasteiger charge is 2.28. The van der Waals surface area contributed by atoms with Gasteiger partial charge in [0.1, 0.15) is 5.75 Å². The van der Waals surface area contributed by atoms with E-state index in [-0.39, 0.29) is 22.7 Å². The number of ether oxygens (including phenoxy) is 1. The Balaban J connectivity index is 2.14. The molecule has 0 saturated heterocycles. The molecule has 0 saturated carbocycles. The maximum atomic E-state index is 13.5. The normalized spacial score (nSPS) is 11.0. The number of amides is 1. The number of para-hydroxylation sites is 1. The van der Waals surface area contributed by atoms with Crippen molar-refractivity contribution in [3.63, 3.8) is 0 Å². The second-order valence-electron chi connectivity index (χ2n) is 6.16. The monoisotopic (exact) mass is 411 g/mol. The summed E-state index contributed by atoms with van der Waals surface area (Å²) in [5, 5.41) is 0. The largest absolute Gasteiger partial charge is 0.497 e. The fourth-order valence-electron chi connectivity index (χ4n) is 2.88. The van der Waals surface area contributed by atoms with Crippen molar-refractivity contribution in [2.75, 3.05) is 11.4 Å². The molecule has 0 spiro atoms. The summed E-state index contributed by atoms with van der Waals surface area (Å²) in [6, 6.07) is 21.7. The predicted octanol–water partition coefficient (Wildman–Crippen LogP) is 2.69. The number of nitrogens with zero attached hydrogens (tertiary/aromatic N) is 1. The number of rotatable bonds is 7. The number of benzene rings is 3. The molecule has 0 aliphatic rings. The number of sulfonamides is 1. The van der Waals surface area contributed by atoms with E-state index in [4.69, 9.17) is 10.6 Å². The smallest absolute Gasteiger partial charge is 0.267 e. The summed E-state index contributed by atoms with van der Waals surface area (Å²) in [7, 11) is -2.48. The molecule has 0 aliphatic carbocycles. The molecule has 8 heteroatoms. The van der Waals surface area contributed by atoms with Crippen LogP contribution in [-0.4, -0.2) is 21.4 Å². The van der Waals surface area contributed by atoms with E-state index in [9.17, 15) is 13.2 Å². The Bertz CT molecular complexity index is 1080. The number of methoxy groups -OCH3 is 1. The van der Waals surface area contributed by atoms with Gasteiger partial charge < -0.3 is 4.74 Å². The number of hydrogen-bond acceptors (Lipinski definition) is 5. The van der Waals surface area contributed by atoms with Crippen LogP contribution in [0.1, 0.15) is 15.9 Å². The molecule has 0 aliphatic heterocycles. The highest BCUT2D eigenvalue weighted by molar-refractivity contribution is 7.92. The van der Waals surface area contributed by atoms with Crippen LogP contribution in [0, 0.1) is 0 Å². The molecule has 0 atom stereocenters. The maximum absolute atomic E-state index is 13.5. The molecule has 0 radical (unpaired) electrons. The van der Waals surface area contributed by atoms with Gasteiger partial charge in [0, 0.05) is 0 Å². The Labute approximate surface area is 169 Å². The van der Waals surface area contributed by atoms with Crippen molar-refractivity contribution in [2.45, 2.75) is 11.4 Å². The van der Waals surface area contributed by atoms with Crippen LogP contribution in [0.25, 0.3) is 0 Å². The first-order chi connectivity index (χ1) is 14.0. The fourth-order valence-corrected chi connectivity index (χ4v) is 4.36. The van der Waals surface area contributed by atoms with Gasteiger partial charge >= 0.3 is 0 Å². The molecule has 0 aromatic heterocycles. The summed E-state index contributed by atoms with van der Waals surface area (Å²) in [4.78, 5) is 12.3. The highest BCUT2D eigenvalue weighted by atomic mass is 32.2. The van der Waals surface area contributed by atoms with Gasteiger partial charge in [-0.1, -0.05) is 42.5 Å². The topological polar surface area (TPSA) is 102 Å². The number of carbonyl (C=O) groups is 1. The molecule has 3 N–H and O–H groups in total. The number of nitrogens with two attached hydrogens (primary N) is 1. The third kappa shape index (κ3) is 4.39. The van der Waals surface area contributed by atoms with Crippen LogP contribution in [-0.2, 0) is 16.6 Å². The zero-order valence-corrected chi connectivity index (χ0v) is 16.6. The van der Waals surface area contributed by atoms with E-state index in [1.165, 1.54) is 29.6 Å². The summed E-state index contributed by atoms with van der Waals surface area (Å²) < 4.78 is 33.4. The molecule has 150 valence electrons. The molecule has 7 nitrogen and oxygen atoms in total. The summed E-state index contributed by atoms with van der Waals surface area (Å²) in [5.74, 6) is 5.26. The summed E-state index contributed by atoms with van der Waals surface area (Å²) in [5.41, 5.74) is 3.23. The van der Waals surface area contributed by atoms with E-state index in [1.54, 1.807) is 30.3 Å². The lowest BCUT2D eigenvalue weighted by Crippen LogP contribution is -2.35. The minimum Gasteiger partial charge on any atom is -0.497 e. The van der Waals surface area contributed by atoms with E-state index in [1.807, 2.05) is 30.3 Å². The average Bonchev–Trinajstić information content (AvgIpc) is 2.77. The molecule has 3 aromatic carbocycles. The van der Waals surface area contributed by atoms with Crippen LogP contribution < -0.4 is 20.3 Å². The fraction of sp³-hybridized carbons (Fsp3) is 0.0952. The van der Waals surface area contributed by atoms with E-state index in [0.717, 1.165) is 5.56 Å². The molecule has 29 heavy (non-hydrogen) atoms. The number of nitrogen functional groups attached to an aromatic ring is 1. The Morgan fingerprint density at radius 1 is 0.966 bits per heavy atom. The third-order valence-corrected chi connectivity index (χ3v) is 6.14. The minimum atomic E-state index is -3.98. The average molecular weight is 411 g/mol. The van der Waals surface area contributed by atoms with E-state index >= 15 is 0 Å². The van der Waals surface area contributed by atoms with Crippen LogP contribution >= 0.6 is 0 Å². The van der Waals surface area contributed by atoms with Gasteiger partial charge in [0.25, 0.3) is 15.9 Å². The standard InChI is InChI=1S/C21H21N3O4S/c1-28-17-11-13-18(14-12-17)29(26,27)24(15-16-7-3-2-4-8-16)20-10-6-5-9-19(20)21(25)23-22/h2-14H,15,22H2,1H3,(H,23,25). The Hall–Kier alpha value is -3.36. The van der Waals surface area contributed by atoms with Crippen LogP contribution in [0.2, 0.25) is 0 Å². The van der Waals surface area contributed by atoms with Gasteiger partial charge in [-0.2, -0.15) is 0 Å². The molecule has 3 rings (SSSR count). The Morgan fingerprint density at radius 3 is 2.21 bits per heavy atom. The van der Waals surface area contributed by atoms with Crippen LogP contribution in [0.3, 0.4) is 0 Å². The summed E-state index contributed by atoms with van der Waals surface area (Å²) in [6.45, 7) is 0.0457. The first-order valence-corrected chi connectivity index (χ1v) is 10.2. The van der Waals surface area contributed by atoms with Crippen molar-refractivity contribution in [1.29, 1.82) is 0 Å². The lowest BCUT2D eigenvalue weighted by Gasteiger charge is -2.26. The van der Waals surface area contributed by atoms with Gasteiger partial charge in [0.2, 0.25) is 0 Å². The first-order valence-electron chi connectivity index (χ1n) is 8.78. The zero-order chi connectivity index (χ0) is 20.9. The number of hydrogen-bond donors (Lipinski definition) is 2. The van der Waals surface area contributed by atoms with Gasteiger partial charge in [-0.05, 0) is 42.0 Å².